The average Bonchev–Trinajstić information content (AvgIpc) is 2.36. The van der Waals surface area contributed by atoms with Gasteiger partial charge in [-0.3, -0.25) is 0 Å². The molecule has 0 fully saturated rings. The van der Waals surface area contributed by atoms with Gasteiger partial charge in [-0.2, -0.15) is 8.78 Å². The second kappa shape index (κ2) is 7.90. The largest absolute Gasteiger partial charge is 0.435 e. The molecule has 0 saturated carbocycles. The van der Waals surface area contributed by atoms with Crippen LogP contribution in [0.1, 0.15) is 5.56 Å². The van der Waals surface area contributed by atoms with Gasteiger partial charge in [0, 0.05) is 18.8 Å². The number of aryl methyl sites for hydroxylation is 1. The number of amides is 2. The van der Waals surface area contributed by atoms with Gasteiger partial charge >= 0.3 is 12.6 Å². The minimum atomic E-state index is -3.30. The van der Waals surface area contributed by atoms with Crippen LogP contribution in [0.15, 0.2) is 18.2 Å². The van der Waals surface area contributed by atoms with E-state index in [2.05, 4.69) is 20.1 Å². The maximum absolute atomic E-state index is 12.1. The minimum Gasteiger partial charge on any atom is -0.435 e. The molecule has 3 N–H and O–H groups in total. The Bertz CT molecular complexity index is 623. The van der Waals surface area contributed by atoms with Gasteiger partial charge in [-0.05, 0) is 30.7 Å². The minimum absolute atomic E-state index is 0.00388. The summed E-state index contributed by atoms with van der Waals surface area (Å²) in [5.41, 5.74) is 0.970. The lowest BCUT2D eigenvalue weighted by Gasteiger charge is -2.11. The Hall–Kier alpha value is -1.94. The molecule has 1 rings (SSSR count). The third-order valence-corrected chi connectivity index (χ3v) is 3.17. The highest BCUT2D eigenvalue weighted by Gasteiger charge is 2.08. The van der Waals surface area contributed by atoms with E-state index in [1.807, 2.05) is 0 Å². The third-order valence-electron chi connectivity index (χ3n) is 2.45. The van der Waals surface area contributed by atoms with Crippen LogP contribution < -0.4 is 20.1 Å². The van der Waals surface area contributed by atoms with E-state index in [9.17, 15) is 22.0 Å². The molecule has 0 aliphatic carbocycles. The summed E-state index contributed by atoms with van der Waals surface area (Å²) in [6.45, 7) is -1.13. The van der Waals surface area contributed by atoms with Crippen LogP contribution in [0.4, 0.5) is 19.3 Å². The quantitative estimate of drug-likeness (QED) is 0.653. The number of hydrogen-bond donors (Lipinski definition) is 3. The van der Waals surface area contributed by atoms with E-state index in [4.69, 9.17) is 0 Å². The molecule has 0 atom stereocenters. The molecule has 1 aromatic carbocycles. The van der Waals surface area contributed by atoms with Crippen molar-refractivity contribution < 1.29 is 26.7 Å². The molecular formula is C12H17F2N3O4S. The molecule has 0 heterocycles. The average molecular weight is 337 g/mol. The van der Waals surface area contributed by atoms with Crippen LogP contribution in [0.5, 0.6) is 5.75 Å². The van der Waals surface area contributed by atoms with E-state index in [0.29, 0.717) is 11.3 Å². The highest BCUT2D eigenvalue weighted by Crippen LogP contribution is 2.22. The standard InChI is InChI=1S/C12H17F2N3O4S/c1-8-7-9(21-11(13)14)3-4-10(8)17-12(18)15-5-6-16-22(2,19)20/h3-4,7,11,16H,5-6H2,1-2H3,(H2,15,17,18). The Balaban J connectivity index is 2.47. The van der Waals surface area contributed by atoms with Crippen molar-refractivity contribution in [1.29, 1.82) is 0 Å². The second-order valence-corrected chi connectivity index (χ2v) is 6.24. The molecule has 0 radical (unpaired) electrons. The molecule has 0 aliphatic heterocycles. The zero-order valence-corrected chi connectivity index (χ0v) is 12.8. The number of alkyl halides is 2. The van der Waals surface area contributed by atoms with E-state index in [-0.39, 0.29) is 18.8 Å². The first kappa shape index (κ1) is 18.1. The van der Waals surface area contributed by atoms with Crippen molar-refractivity contribution in [3.8, 4) is 5.75 Å². The lowest BCUT2D eigenvalue weighted by Crippen LogP contribution is -2.36. The number of carbonyl (C=O) groups excluding carboxylic acids is 1. The zero-order chi connectivity index (χ0) is 16.8. The third kappa shape index (κ3) is 7.18. The van der Waals surface area contributed by atoms with Crippen LogP contribution in [0.3, 0.4) is 0 Å². The number of ether oxygens (including phenoxy) is 1. The number of hydrogen-bond acceptors (Lipinski definition) is 4. The number of urea groups is 1. The van der Waals surface area contributed by atoms with E-state index < -0.39 is 22.7 Å². The molecule has 1 aromatic rings. The molecule has 124 valence electrons. The molecule has 7 nitrogen and oxygen atoms in total. The molecule has 22 heavy (non-hydrogen) atoms. The molecule has 10 heteroatoms. The van der Waals surface area contributed by atoms with Gasteiger partial charge in [0.15, 0.2) is 0 Å². The number of benzene rings is 1. The monoisotopic (exact) mass is 337 g/mol. The van der Waals surface area contributed by atoms with Crippen molar-refractivity contribution in [1.82, 2.24) is 10.0 Å². The van der Waals surface area contributed by atoms with Crippen LogP contribution in [-0.2, 0) is 10.0 Å². The predicted octanol–water partition coefficient (Wildman–Crippen LogP) is 1.27. The van der Waals surface area contributed by atoms with Crippen molar-refractivity contribution >= 4 is 21.7 Å². The Morgan fingerprint density at radius 3 is 2.55 bits per heavy atom. The van der Waals surface area contributed by atoms with E-state index in [1.165, 1.54) is 18.2 Å². The van der Waals surface area contributed by atoms with E-state index in [0.717, 1.165) is 6.26 Å². The van der Waals surface area contributed by atoms with Crippen molar-refractivity contribution in [2.75, 3.05) is 24.7 Å². The fraction of sp³-hybridized carbons (Fsp3) is 0.417. The summed E-state index contributed by atoms with van der Waals surface area (Å²) in [6.07, 6.45) is 1.01. The zero-order valence-electron chi connectivity index (χ0n) is 12.0. The number of rotatable bonds is 7. The van der Waals surface area contributed by atoms with Gasteiger partial charge in [0.2, 0.25) is 10.0 Å². The summed E-state index contributed by atoms with van der Waals surface area (Å²) in [5, 5.41) is 4.97. The Morgan fingerprint density at radius 2 is 2.00 bits per heavy atom. The summed E-state index contributed by atoms with van der Waals surface area (Å²) in [6, 6.07) is 3.56. The first-order valence-electron chi connectivity index (χ1n) is 6.22. The van der Waals surface area contributed by atoms with Gasteiger partial charge in [0.1, 0.15) is 5.75 Å². The van der Waals surface area contributed by atoms with Crippen LogP contribution in [-0.4, -0.2) is 40.4 Å². The van der Waals surface area contributed by atoms with Crippen molar-refractivity contribution in [2.45, 2.75) is 13.5 Å². The van der Waals surface area contributed by atoms with Gasteiger partial charge in [0.05, 0.1) is 6.26 Å². The van der Waals surface area contributed by atoms with Crippen molar-refractivity contribution in [2.24, 2.45) is 0 Å². The molecular weight excluding hydrogens is 320 g/mol. The smallest absolute Gasteiger partial charge is 0.387 e. The second-order valence-electron chi connectivity index (χ2n) is 4.40. The Kier molecular flexibility index (Phi) is 6.50. The Labute approximate surface area is 127 Å². The summed E-state index contributed by atoms with van der Waals surface area (Å²) in [7, 11) is -3.30. The van der Waals surface area contributed by atoms with Gasteiger partial charge in [-0.25, -0.2) is 17.9 Å². The van der Waals surface area contributed by atoms with Crippen LogP contribution in [0, 0.1) is 6.92 Å². The molecule has 2 amide bonds. The lowest BCUT2D eigenvalue weighted by atomic mass is 10.2. The highest BCUT2D eigenvalue weighted by molar-refractivity contribution is 7.88. The van der Waals surface area contributed by atoms with E-state index >= 15 is 0 Å². The van der Waals surface area contributed by atoms with Crippen molar-refractivity contribution in [3.63, 3.8) is 0 Å². The maximum Gasteiger partial charge on any atom is 0.387 e. The molecule has 0 aliphatic rings. The summed E-state index contributed by atoms with van der Waals surface area (Å²) < 4.78 is 52.2. The molecule has 0 aromatic heterocycles. The van der Waals surface area contributed by atoms with Gasteiger partial charge in [-0.1, -0.05) is 0 Å². The first-order valence-corrected chi connectivity index (χ1v) is 8.11. The number of sulfonamides is 1. The first-order chi connectivity index (χ1) is 10.2. The van der Waals surface area contributed by atoms with Crippen LogP contribution in [0.2, 0.25) is 0 Å². The molecule has 0 saturated heterocycles. The van der Waals surface area contributed by atoms with Gasteiger partial charge < -0.3 is 15.4 Å². The number of anilines is 1. The summed E-state index contributed by atoms with van der Waals surface area (Å²) >= 11 is 0. The fourth-order valence-corrected chi connectivity index (χ4v) is 2.00. The number of nitrogens with one attached hydrogen (secondary N) is 3. The van der Waals surface area contributed by atoms with Crippen LogP contribution in [0.25, 0.3) is 0 Å². The van der Waals surface area contributed by atoms with Crippen LogP contribution >= 0.6 is 0 Å². The normalized spacial score (nSPS) is 11.3. The molecule has 0 unspecified atom stereocenters. The Morgan fingerprint density at radius 1 is 1.32 bits per heavy atom. The predicted molar refractivity (Wildman–Crippen MR) is 77.7 cm³/mol. The SMILES string of the molecule is Cc1cc(OC(F)F)ccc1NC(=O)NCCNS(C)(=O)=O. The topological polar surface area (TPSA) is 96.5 Å². The van der Waals surface area contributed by atoms with Gasteiger partial charge in [0.25, 0.3) is 0 Å². The highest BCUT2D eigenvalue weighted by atomic mass is 32.2. The number of carbonyl (C=O) groups is 1. The summed E-state index contributed by atoms with van der Waals surface area (Å²) in [5.74, 6) is -0.00388. The lowest BCUT2D eigenvalue weighted by molar-refractivity contribution is -0.0498. The van der Waals surface area contributed by atoms with Crippen molar-refractivity contribution in [3.05, 3.63) is 23.8 Å². The molecule has 0 bridgehead atoms. The fourth-order valence-electron chi connectivity index (χ4n) is 1.53. The number of halogens is 2. The van der Waals surface area contributed by atoms with Gasteiger partial charge in [-0.15, -0.1) is 0 Å². The summed E-state index contributed by atoms with van der Waals surface area (Å²) in [4.78, 5) is 11.6. The molecule has 0 spiro atoms. The van der Waals surface area contributed by atoms with E-state index in [1.54, 1.807) is 6.92 Å². The maximum atomic E-state index is 12.1.